The van der Waals surface area contributed by atoms with Crippen molar-refractivity contribution in [1.29, 1.82) is 0 Å². The normalized spacial score (nSPS) is 17.3. The molecule has 0 spiro atoms. The van der Waals surface area contributed by atoms with Crippen molar-refractivity contribution in [2.45, 2.75) is 18.5 Å². The van der Waals surface area contributed by atoms with Gasteiger partial charge in [-0.3, -0.25) is 0 Å². The first-order valence-electron chi connectivity index (χ1n) is 8.83. The summed E-state index contributed by atoms with van der Waals surface area (Å²) < 4.78 is 40.4. The first-order valence-corrected chi connectivity index (χ1v) is 8.83. The number of fused-ring (bicyclic) bond motifs is 1. The average Bonchev–Trinajstić information content (AvgIpc) is 3.27. The Hall–Kier alpha value is -3.10. The Morgan fingerprint density at radius 3 is 2.82 bits per heavy atom. The number of anilines is 1. The molecule has 9 heteroatoms. The number of rotatable bonds is 2. The van der Waals surface area contributed by atoms with Crippen molar-refractivity contribution in [1.82, 2.24) is 19.4 Å². The number of carbonyl (C=O) groups is 1. The summed E-state index contributed by atoms with van der Waals surface area (Å²) in [6.07, 6.45) is -2.02. The second-order valence-corrected chi connectivity index (χ2v) is 6.82. The smallest absolute Gasteiger partial charge is 0.324 e. The minimum absolute atomic E-state index is 0.0476. The predicted molar refractivity (Wildman–Crippen MR) is 97.9 cm³/mol. The second-order valence-electron chi connectivity index (χ2n) is 6.82. The van der Waals surface area contributed by atoms with Crippen LogP contribution in [0.25, 0.3) is 11.2 Å². The third kappa shape index (κ3) is 3.39. The maximum atomic E-state index is 12.8. The number of amides is 2. The topological polar surface area (TPSA) is 63.1 Å². The summed E-state index contributed by atoms with van der Waals surface area (Å²) in [5.74, 6) is 0.898. The number of alkyl halides is 3. The van der Waals surface area contributed by atoms with Crippen LogP contribution in [0.1, 0.15) is 23.7 Å². The lowest BCUT2D eigenvalue weighted by Crippen LogP contribution is -2.33. The molecule has 2 amide bonds. The molecule has 4 rings (SSSR count). The van der Waals surface area contributed by atoms with Crippen LogP contribution in [0.15, 0.2) is 42.6 Å². The highest BCUT2D eigenvalue weighted by molar-refractivity contribution is 5.89. The number of imidazole rings is 1. The summed E-state index contributed by atoms with van der Waals surface area (Å²) in [5, 5.41) is 2.56. The minimum atomic E-state index is -4.45. The number of carbonyl (C=O) groups excluding carboxylic acids is 1. The Balaban J connectivity index is 1.47. The van der Waals surface area contributed by atoms with Crippen LogP contribution in [-0.4, -0.2) is 38.6 Å². The van der Waals surface area contributed by atoms with Crippen LogP contribution in [0.3, 0.4) is 0 Å². The van der Waals surface area contributed by atoms with E-state index in [9.17, 15) is 18.0 Å². The molecule has 1 aromatic carbocycles. The van der Waals surface area contributed by atoms with E-state index in [2.05, 4.69) is 15.3 Å². The van der Waals surface area contributed by atoms with E-state index >= 15 is 0 Å². The fraction of sp³-hybridized carbons (Fsp3) is 0.316. The van der Waals surface area contributed by atoms with Gasteiger partial charge in [-0.1, -0.05) is 6.07 Å². The van der Waals surface area contributed by atoms with Gasteiger partial charge in [-0.25, -0.2) is 14.8 Å². The Morgan fingerprint density at radius 2 is 2.07 bits per heavy atom. The van der Waals surface area contributed by atoms with Crippen LogP contribution in [0, 0.1) is 0 Å². The van der Waals surface area contributed by atoms with Crippen LogP contribution >= 0.6 is 0 Å². The number of hydrogen-bond acceptors (Lipinski definition) is 3. The van der Waals surface area contributed by atoms with Gasteiger partial charge in [-0.15, -0.1) is 0 Å². The number of aromatic nitrogens is 3. The summed E-state index contributed by atoms with van der Waals surface area (Å²) in [6, 6.07) is 7.92. The molecule has 0 unspecified atom stereocenters. The highest BCUT2D eigenvalue weighted by atomic mass is 19.4. The molecule has 0 aliphatic carbocycles. The van der Waals surface area contributed by atoms with Crippen LogP contribution in [0.2, 0.25) is 0 Å². The van der Waals surface area contributed by atoms with E-state index in [1.807, 2.05) is 23.7 Å². The molecular weight excluding hydrogens is 371 g/mol. The van der Waals surface area contributed by atoms with Gasteiger partial charge in [-0.05, 0) is 36.8 Å². The van der Waals surface area contributed by atoms with E-state index in [1.165, 1.54) is 12.1 Å². The molecule has 1 fully saturated rings. The van der Waals surface area contributed by atoms with E-state index in [-0.39, 0.29) is 11.6 Å². The maximum absolute atomic E-state index is 12.8. The van der Waals surface area contributed by atoms with E-state index in [4.69, 9.17) is 0 Å². The molecule has 6 nitrogen and oxygen atoms in total. The first kappa shape index (κ1) is 18.3. The number of nitrogens with one attached hydrogen (secondary N) is 1. The molecule has 28 heavy (non-hydrogen) atoms. The van der Waals surface area contributed by atoms with Gasteiger partial charge in [0.15, 0.2) is 5.65 Å². The third-order valence-electron chi connectivity index (χ3n) is 4.94. The molecule has 0 saturated carbocycles. The number of pyridine rings is 1. The largest absolute Gasteiger partial charge is 0.416 e. The van der Waals surface area contributed by atoms with Gasteiger partial charge in [0.1, 0.15) is 11.3 Å². The van der Waals surface area contributed by atoms with Gasteiger partial charge >= 0.3 is 12.2 Å². The molecule has 1 atom stereocenters. The number of aryl methyl sites for hydroxylation is 1. The summed E-state index contributed by atoms with van der Waals surface area (Å²) >= 11 is 0. The van der Waals surface area contributed by atoms with Gasteiger partial charge in [-0.2, -0.15) is 13.2 Å². The molecule has 1 saturated heterocycles. The van der Waals surface area contributed by atoms with Gasteiger partial charge in [0.25, 0.3) is 0 Å². The predicted octanol–water partition coefficient (Wildman–Crippen LogP) is 4.01. The number of hydrogen-bond donors (Lipinski definition) is 1. The van der Waals surface area contributed by atoms with Gasteiger partial charge < -0.3 is 14.8 Å². The molecule has 1 aliphatic rings. The van der Waals surface area contributed by atoms with Crippen LogP contribution in [-0.2, 0) is 13.2 Å². The van der Waals surface area contributed by atoms with Crippen molar-refractivity contribution in [3.05, 3.63) is 54.0 Å². The number of likely N-dealkylation sites (tertiary alicyclic amines) is 1. The van der Waals surface area contributed by atoms with E-state index in [1.54, 1.807) is 11.1 Å². The fourth-order valence-corrected chi connectivity index (χ4v) is 3.54. The van der Waals surface area contributed by atoms with Gasteiger partial charge in [0.2, 0.25) is 0 Å². The Labute approximate surface area is 159 Å². The molecule has 0 radical (unpaired) electrons. The molecule has 3 heterocycles. The number of urea groups is 1. The van der Waals surface area contributed by atoms with E-state index < -0.39 is 17.8 Å². The standard InChI is InChI=1S/C19H18F3N5O/c1-26-16(25-15-6-3-8-23-17(15)26)12-7-9-27(11-12)18(28)24-14-5-2-4-13(10-14)19(20,21)22/h2-6,8,10,12H,7,9,11H2,1H3,(H,24,28)/t12-/m1/s1. The molecule has 3 aromatic rings. The first-order chi connectivity index (χ1) is 13.3. The molecule has 2 aromatic heterocycles. The number of halogens is 3. The van der Waals surface area contributed by atoms with Crippen LogP contribution < -0.4 is 5.32 Å². The minimum Gasteiger partial charge on any atom is -0.324 e. The Bertz CT molecular complexity index is 1030. The zero-order chi connectivity index (χ0) is 19.9. The fourth-order valence-electron chi connectivity index (χ4n) is 3.54. The van der Waals surface area contributed by atoms with Crippen LogP contribution in [0.4, 0.5) is 23.7 Å². The van der Waals surface area contributed by atoms with Crippen molar-refractivity contribution in [2.75, 3.05) is 18.4 Å². The maximum Gasteiger partial charge on any atom is 0.416 e. The van der Waals surface area contributed by atoms with Crippen molar-refractivity contribution < 1.29 is 18.0 Å². The molecule has 1 aliphatic heterocycles. The third-order valence-corrected chi connectivity index (χ3v) is 4.94. The van der Waals surface area contributed by atoms with Gasteiger partial charge in [0.05, 0.1) is 5.56 Å². The summed E-state index contributed by atoms with van der Waals surface area (Å²) in [4.78, 5) is 23.1. The van der Waals surface area contributed by atoms with Crippen molar-refractivity contribution in [3.63, 3.8) is 0 Å². The highest BCUT2D eigenvalue weighted by Gasteiger charge is 2.32. The quantitative estimate of drug-likeness (QED) is 0.720. The van der Waals surface area contributed by atoms with E-state index in [0.29, 0.717) is 13.1 Å². The number of nitrogens with zero attached hydrogens (tertiary/aromatic N) is 4. The molecule has 146 valence electrons. The zero-order valence-electron chi connectivity index (χ0n) is 15.1. The lowest BCUT2D eigenvalue weighted by Gasteiger charge is -2.18. The average molecular weight is 389 g/mol. The molecule has 1 N–H and O–H groups in total. The SMILES string of the molecule is Cn1c([C@@H]2CCN(C(=O)Nc3cccc(C(F)(F)F)c3)C2)nc2cccnc21. The highest BCUT2D eigenvalue weighted by Crippen LogP contribution is 2.31. The molecule has 0 bridgehead atoms. The zero-order valence-corrected chi connectivity index (χ0v) is 15.1. The van der Waals surface area contributed by atoms with Gasteiger partial charge in [0, 0.05) is 37.9 Å². The lowest BCUT2D eigenvalue weighted by molar-refractivity contribution is -0.137. The van der Waals surface area contributed by atoms with Crippen LogP contribution in [0.5, 0.6) is 0 Å². The van der Waals surface area contributed by atoms with Crippen molar-refractivity contribution in [2.24, 2.45) is 7.05 Å². The second kappa shape index (κ2) is 6.81. The van der Waals surface area contributed by atoms with Crippen molar-refractivity contribution >= 4 is 22.9 Å². The number of benzene rings is 1. The summed E-state index contributed by atoms with van der Waals surface area (Å²) in [7, 11) is 1.89. The van der Waals surface area contributed by atoms with Crippen molar-refractivity contribution in [3.8, 4) is 0 Å². The summed E-state index contributed by atoms with van der Waals surface area (Å²) in [6.45, 7) is 0.952. The summed E-state index contributed by atoms with van der Waals surface area (Å²) in [5.41, 5.74) is 0.906. The molecular formula is C19H18F3N5O. The Kier molecular flexibility index (Phi) is 4.44. The van der Waals surface area contributed by atoms with E-state index in [0.717, 1.165) is 35.5 Å². The lowest BCUT2D eigenvalue weighted by atomic mass is 10.1. The monoisotopic (exact) mass is 389 g/mol. The Morgan fingerprint density at radius 1 is 1.25 bits per heavy atom.